The number of halogens is 1. The van der Waals surface area contributed by atoms with Crippen molar-refractivity contribution in [2.75, 3.05) is 5.75 Å². The molecule has 0 N–H and O–H groups in total. The van der Waals surface area contributed by atoms with E-state index in [-0.39, 0.29) is 5.82 Å². The molecule has 0 atom stereocenters. The second-order valence-electron chi connectivity index (χ2n) is 4.55. The molecule has 18 heavy (non-hydrogen) atoms. The molecule has 4 nitrogen and oxygen atoms in total. The van der Waals surface area contributed by atoms with Crippen molar-refractivity contribution < 1.29 is 4.92 Å². The average molecular weight is 331 g/mol. The van der Waals surface area contributed by atoms with Gasteiger partial charge >= 0.3 is 5.82 Å². The monoisotopic (exact) mass is 330 g/mol. The van der Waals surface area contributed by atoms with Crippen LogP contribution in [0.5, 0.6) is 0 Å². The van der Waals surface area contributed by atoms with Crippen LogP contribution in [0.2, 0.25) is 0 Å². The van der Waals surface area contributed by atoms with Crippen LogP contribution in [-0.4, -0.2) is 15.7 Å². The molecule has 0 radical (unpaired) electrons. The zero-order chi connectivity index (χ0) is 13.0. The van der Waals surface area contributed by atoms with Crippen molar-refractivity contribution in [2.24, 2.45) is 5.92 Å². The first-order chi connectivity index (χ1) is 8.66. The van der Waals surface area contributed by atoms with Crippen LogP contribution in [0, 0.1) is 16.0 Å². The van der Waals surface area contributed by atoms with E-state index in [0.717, 1.165) is 10.2 Å². The summed E-state index contributed by atoms with van der Waals surface area (Å²) < 4.78 is 0.791. The maximum Gasteiger partial charge on any atom is 0.377 e. The Hall–Kier alpha value is -0.620. The molecule has 0 aliphatic heterocycles. The van der Waals surface area contributed by atoms with Crippen molar-refractivity contribution in [3.63, 3.8) is 0 Å². The van der Waals surface area contributed by atoms with Gasteiger partial charge in [0.25, 0.3) is 0 Å². The van der Waals surface area contributed by atoms with Gasteiger partial charge in [-0.25, -0.2) is 0 Å². The minimum absolute atomic E-state index is 0.0287. The van der Waals surface area contributed by atoms with E-state index in [1.165, 1.54) is 38.3 Å². The number of rotatable bonds is 4. The summed E-state index contributed by atoms with van der Waals surface area (Å²) in [6, 6.07) is 1.79. The normalized spacial score (nSPS) is 16.7. The van der Waals surface area contributed by atoms with Gasteiger partial charge in [-0.2, -0.15) is 0 Å². The van der Waals surface area contributed by atoms with Crippen molar-refractivity contribution in [1.82, 2.24) is 4.98 Å². The average Bonchev–Trinajstić information content (AvgIpc) is 2.37. The Morgan fingerprint density at radius 2 is 2.17 bits per heavy atom. The Balaban J connectivity index is 2.03. The summed E-state index contributed by atoms with van der Waals surface area (Å²) in [5.41, 5.74) is 0. The van der Waals surface area contributed by atoms with E-state index in [1.807, 2.05) is 0 Å². The molecule has 0 saturated heterocycles. The third kappa shape index (κ3) is 3.68. The van der Waals surface area contributed by atoms with Gasteiger partial charge in [-0.05, 0) is 50.7 Å². The number of nitrogens with zero attached hydrogens (tertiary/aromatic N) is 2. The van der Waals surface area contributed by atoms with Crippen molar-refractivity contribution in [1.29, 1.82) is 0 Å². The first-order valence-corrected chi connectivity index (χ1v) is 7.87. The van der Waals surface area contributed by atoms with Gasteiger partial charge < -0.3 is 10.1 Å². The summed E-state index contributed by atoms with van der Waals surface area (Å²) in [5.74, 6) is 1.63. The van der Waals surface area contributed by atoms with Crippen LogP contribution in [0.3, 0.4) is 0 Å². The number of hydrogen-bond donors (Lipinski definition) is 0. The highest BCUT2D eigenvalue weighted by Gasteiger charge is 2.19. The van der Waals surface area contributed by atoms with Gasteiger partial charge in [0, 0.05) is 5.75 Å². The fraction of sp³-hybridized carbons (Fsp3) is 0.583. The van der Waals surface area contributed by atoms with E-state index in [9.17, 15) is 10.1 Å². The molecule has 1 aliphatic carbocycles. The Morgan fingerprint density at radius 3 is 2.83 bits per heavy atom. The molecule has 0 unspecified atom stereocenters. The molecule has 0 aromatic carbocycles. The summed E-state index contributed by atoms with van der Waals surface area (Å²) in [6.07, 6.45) is 7.90. The summed E-state index contributed by atoms with van der Waals surface area (Å²) in [7, 11) is 0. The fourth-order valence-corrected chi connectivity index (χ4v) is 3.92. The molecule has 1 fully saturated rings. The lowest BCUT2D eigenvalue weighted by atomic mass is 9.91. The van der Waals surface area contributed by atoms with Crippen LogP contribution in [0.1, 0.15) is 32.1 Å². The van der Waals surface area contributed by atoms with Crippen LogP contribution < -0.4 is 0 Å². The molecule has 0 bridgehead atoms. The fourth-order valence-electron chi connectivity index (χ4n) is 2.22. The summed E-state index contributed by atoms with van der Waals surface area (Å²) in [4.78, 5) is 15.0. The molecular weight excluding hydrogens is 316 g/mol. The highest BCUT2D eigenvalue weighted by molar-refractivity contribution is 9.10. The van der Waals surface area contributed by atoms with Crippen molar-refractivity contribution >= 4 is 33.5 Å². The standard InChI is InChI=1S/C12H15BrN2O2S/c13-10-6-11(12(14-7-10)15(16)17)18-8-9-4-2-1-3-5-9/h6-7,9H,1-5,8H2. The Labute approximate surface area is 119 Å². The topological polar surface area (TPSA) is 56.0 Å². The second kappa shape index (κ2) is 6.52. The Kier molecular flexibility index (Phi) is 5.00. The molecular formula is C12H15BrN2O2S. The van der Waals surface area contributed by atoms with Crippen LogP contribution in [-0.2, 0) is 0 Å². The lowest BCUT2D eigenvalue weighted by Crippen LogP contribution is -2.08. The molecule has 1 aromatic rings. The van der Waals surface area contributed by atoms with Crippen molar-refractivity contribution in [3.8, 4) is 0 Å². The Morgan fingerprint density at radius 1 is 1.44 bits per heavy atom. The number of nitro groups is 1. The molecule has 1 heterocycles. The highest BCUT2D eigenvalue weighted by atomic mass is 79.9. The van der Waals surface area contributed by atoms with Gasteiger partial charge in [-0.1, -0.05) is 19.3 Å². The maximum atomic E-state index is 10.9. The lowest BCUT2D eigenvalue weighted by molar-refractivity contribution is -0.392. The first kappa shape index (κ1) is 13.8. The molecule has 1 aromatic heterocycles. The van der Waals surface area contributed by atoms with Crippen LogP contribution in [0.4, 0.5) is 5.82 Å². The SMILES string of the molecule is O=[N+]([O-])c1ncc(Br)cc1SCC1CCCCC1. The predicted molar refractivity (Wildman–Crippen MR) is 75.9 cm³/mol. The van der Waals surface area contributed by atoms with Gasteiger partial charge in [0.15, 0.2) is 6.20 Å². The van der Waals surface area contributed by atoms with Gasteiger partial charge in [0.05, 0.1) is 4.47 Å². The van der Waals surface area contributed by atoms with E-state index < -0.39 is 4.92 Å². The minimum atomic E-state index is -0.407. The quantitative estimate of drug-likeness (QED) is 0.465. The summed E-state index contributed by atoms with van der Waals surface area (Å²) in [5, 5.41) is 10.9. The number of thioether (sulfide) groups is 1. The van der Waals surface area contributed by atoms with E-state index >= 15 is 0 Å². The Bertz CT molecular complexity index is 436. The largest absolute Gasteiger partial charge is 0.377 e. The van der Waals surface area contributed by atoms with Crippen molar-refractivity contribution in [3.05, 3.63) is 26.9 Å². The first-order valence-electron chi connectivity index (χ1n) is 6.09. The van der Waals surface area contributed by atoms with Crippen molar-refractivity contribution in [2.45, 2.75) is 37.0 Å². The van der Waals surface area contributed by atoms with E-state index in [1.54, 1.807) is 17.8 Å². The predicted octanol–water partition coefficient (Wildman–Crippen LogP) is 4.42. The smallest absolute Gasteiger partial charge is 0.358 e. The molecule has 98 valence electrons. The minimum Gasteiger partial charge on any atom is -0.358 e. The highest BCUT2D eigenvalue weighted by Crippen LogP contribution is 2.34. The lowest BCUT2D eigenvalue weighted by Gasteiger charge is -2.20. The third-order valence-electron chi connectivity index (χ3n) is 3.17. The van der Waals surface area contributed by atoms with E-state index in [2.05, 4.69) is 20.9 Å². The number of aromatic nitrogens is 1. The van der Waals surface area contributed by atoms with Gasteiger partial charge in [-0.15, -0.1) is 11.8 Å². The molecule has 0 amide bonds. The zero-order valence-electron chi connectivity index (χ0n) is 9.97. The maximum absolute atomic E-state index is 10.9. The number of hydrogen-bond acceptors (Lipinski definition) is 4. The molecule has 6 heteroatoms. The molecule has 2 rings (SSSR count). The van der Waals surface area contributed by atoms with Gasteiger partial charge in [0.2, 0.25) is 0 Å². The van der Waals surface area contributed by atoms with Crippen LogP contribution in [0.25, 0.3) is 0 Å². The summed E-state index contributed by atoms with van der Waals surface area (Å²) >= 11 is 4.87. The third-order valence-corrected chi connectivity index (χ3v) is 4.85. The summed E-state index contributed by atoms with van der Waals surface area (Å²) in [6.45, 7) is 0. The van der Waals surface area contributed by atoms with Crippen LogP contribution in [0.15, 0.2) is 21.6 Å². The van der Waals surface area contributed by atoms with Crippen LogP contribution >= 0.6 is 27.7 Å². The molecule has 1 saturated carbocycles. The molecule has 0 spiro atoms. The van der Waals surface area contributed by atoms with Gasteiger partial charge in [0.1, 0.15) is 4.90 Å². The second-order valence-corrected chi connectivity index (χ2v) is 6.52. The number of pyridine rings is 1. The van der Waals surface area contributed by atoms with E-state index in [4.69, 9.17) is 0 Å². The van der Waals surface area contributed by atoms with E-state index in [0.29, 0.717) is 10.8 Å². The van der Waals surface area contributed by atoms with Gasteiger partial charge in [-0.3, -0.25) is 0 Å². The molecule has 1 aliphatic rings. The zero-order valence-corrected chi connectivity index (χ0v) is 12.4.